The summed E-state index contributed by atoms with van der Waals surface area (Å²) < 4.78 is 13.6. The predicted molar refractivity (Wildman–Crippen MR) is 85.2 cm³/mol. The topological polar surface area (TPSA) is 58.1 Å². The zero-order valence-electron chi connectivity index (χ0n) is 12.8. The summed E-state index contributed by atoms with van der Waals surface area (Å²) in [6.45, 7) is 1.65. The SMILES string of the molecule is O=C(NCc1ccccc1F)[C@H]1CCCN(c2ncccn2)C1. The van der Waals surface area contributed by atoms with Gasteiger partial charge in [0.1, 0.15) is 5.82 Å². The van der Waals surface area contributed by atoms with Gasteiger partial charge in [-0.3, -0.25) is 4.79 Å². The Morgan fingerprint density at radius 2 is 2.04 bits per heavy atom. The average molecular weight is 314 g/mol. The molecule has 1 aromatic heterocycles. The van der Waals surface area contributed by atoms with E-state index in [1.54, 1.807) is 36.7 Å². The molecule has 120 valence electrons. The Labute approximate surface area is 134 Å². The van der Waals surface area contributed by atoms with Crippen LogP contribution < -0.4 is 10.2 Å². The van der Waals surface area contributed by atoms with Crippen LogP contribution in [0.4, 0.5) is 10.3 Å². The molecule has 0 bridgehead atoms. The first-order valence-corrected chi connectivity index (χ1v) is 7.77. The van der Waals surface area contributed by atoms with Gasteiger partial charge in [-0.1, -0.05) is 18.2 Å². The van der Waals surface area contributed by atoms with E-state index in [4.69, 9.17) is 0 Å². The average Bonchev–Trinajstić information content (AvgIpc) is 2.62. The highest BCUT2D eigenvalue weighted by atomic mass is 19.1. The highest BCUT2D eigenvalue weighted by molar-refractivity contribution is 5.79. The van der Waals surface area contributed by atoms with Gasteiger partial charge in [0.2, 0.25) is 11.9 Å². The zero-order valence-corrected chi connectivity index (χ0v) is 12.8. The molecule has 6 heteroatoms. The van der Waals surface area contributed by atoms with Crippen LogP contribution in [0, 0.1) is 11.7 Å². The minimum Gasteiger partial charge on any atom is -0.352 e. The number of carbonyl (C=O) groups is 1. The molecule has 0 unspecified atom stereocenters. The molecule has 1 amide bonds. The smallest absolute Gasteiger partial charge is 0.225 e. The second kappa shape index (κ2) is 7.17. The maximum atomic E-state index is 13.6. The van der Waals surface area contributed by atoms with E-state index in [1.807, 2.05) is 4.90 Å². The van der Waals surface area contributed by atoms with Crippen molar-refractivity contribution in [3.8, 4) is 0 Å². The van der Waals surface area contributed by atoms with Crippen molar-refractivity contribution in [2.24, 2.45) is 5.92 Å². The van der Waals surface area contributed by atoms with E-state index in [1.165, 1.54) is 6.07 Å². The molecule has 1 saturated heterocycles. The lowest BCUT2D eigenvalue weighted by Crippen LogP contribution is -2.43. The van der Waals surface area contributed by atoms with Crippen LogP contribution in [0.15, 0.2) is 42.7 Å². The summed E-state index contributed by atoms with van der Waals surface area (Å²) in [4.78, 5) is 22.9. The number of piperidine rings is 1. The monoisotopic (exact) mass is 314 g/mol. The number of benzene rings is 1. The maximum absolute atomic E-state index is 13.6. The second-order valence-corrected chi connectivity index (χ2v) is 5.64. The van der Waals surface area contributed by atoms with Crippen LogP contribution in [0.2, 0.25) is 0 Å². The van der Waals surface area contributed by atoms with Crippen LogP contribution in [0.1, 0.15) is 18.4 Å². The normalized spacial score (nSPS) is 17.8. The number of halogens is 1. The van der Waals surface area contributed by atoms with Gasteiger partial charge in [0.15, 0.2) is 0 Å². The Balaban J connectivity index is 1.58. The lowest BCUT2D eigenvalue weighted by Gasteiger charge is -2.31. The highest BCUT2D eigenvalue weighted by Gasteiger charge is 2.26. The lowest BCUT2D eigenvalue weighted by atomic mass is 9.97. The number of anilines is 1. The minimum absolute atomic E-state index is 0.0473. The number of hydrogen-bond acceptors (Lipinski definition) is 4. The van der Waals surface area contributed by atoms with Crippen LogP contribution >= 0.6 is 0 Å². The molecule has 0 radical (unpaired) electrons. The quantitative estimate of drug-likeness (QED) is 0.939. The molecular weight excluding hydrogens is 295 g/mol. The molecule has 1 aliphatic rings. The van der Waals surface area contributed by atoms with Crippen LogP contribution in [0.5, 0.6) is 0 Å². The predicted octanol–water partition coefficient (Wildman–Crippen LogP) is 2.15. The first kappa shape index (κ1) is 15.4. The van der Waals surface area contributed by atoms with Gasteiger partial charge in [-0.25, -0.2) is 14.4 Å². The van der Waals surface area contributed by atoms with Crippen molar-refractivity contribution in [1.29, 1.82) is 0 Å². The van der Waals surface area contributed by atoms with E-state index in [-0.39, 0.29) is 24.2 Å². The van der Waals surface area contributed by atoms with Crippen LogP contribution in [-0.2, 0) is 11.3 Å². The van der Waals surface area contributed by atoms with E-state index in [0.717, 1.165) is 19.4 Å². The van der Waals surface area contributed by atoms with Crippen molar-refractivity contribution in [3.05, 3.63) is 54.1 Å². The molecule has 1 fully saturated rings. The summed E-state index contributed by atoms with van der Waals surface area (Å²) in [7, 11) is 0. The number of hydrogen-bond donors (Lipinski definition) is 1. The number of aromatic nitrogens is 2. The molecule has 0 spiro atoms. The molecule has 1 aromatic carbocycles. The molecule has 5 nitrogen and oxygen atoms in total. The summed E-state index contributed by atoms with van der Waals surface area (Å²) in [6, 6.07) is 8.25. The third-order valence-corrected chi connectivity index (χ3v) is 4.04. The molecule has 1 aliphatic heterocycles. The fraction of sp³-hybridized carbons (Fsp3) is 0.353. The van der Waals surface area contributed by atoms with Crippen molar-refractivity contribution in [2.75, 3.05) is 18.0 Å². The Morgan fingerprint density at radius 3 is 2.83 bits per heavy atom. The second-order valence-electron chi connectivity index (χ2n) is 5.64. The molecular formula is C17H19FN4O. The first-order chi connectivity index (χ1) is 11.2. The van der Waals surface area contributed by atoms with Crippen molar-refractivity contribution in [2.45, 2.75) is 19.4 Å². The van der Waals surface area contributed by atoms with E-state index in [2.05, 4.69) is 15.3 Å². The molecule has 0 aliphatic carbocycles. The first-order valence-electron chi connectivity index (χ1n) is 7.77. The minimum atomic E-state index is -0.296. The summed E-state index contributed by atoms with van der Waals surface area (Å²) in [5, 5.41) is 2.84. The van der Waals surface area contributed by atoms with Gasteiger partial charge in [0.25, 0.3) is 0 Å². The Hall–Kier alpha value is -2.50. The lowest BCUT2D eigenvalue weighted by molar-refractivity contribution is -0.125. The summed E-state index contributed by atoms with van der Waals surface area (Å²) in [5.41, 5.74) is 0.500. The standard InChI is InChI=1S/C17H19FN4O/c18-15-7-2-1-5-13(15)11-21-16(23)14-6-3-10-22(12-14)17-19-8-4-9-20-17/h1-2,4-5,7-9,14H,3,6,10-12H2,(H,21,23)/t14-/m0/s1. The summed E-state index contributed by atoms with van der Waals surface area (Å²) >= 11 is 0. The zero-order chi connectivity index (χ0) is 16.1. The number of amides is 1. The van der Waals surface area contributed by atoms with E-state index < -0.39 is 0 Å². The van der Waals surface area contributed by atoms with Gasteiger partial charge in [0, 0.05) is 37.6 Å². The van der Waals surface area contributed by atoms with Gasteiger partial charge < -0.3 is 10.2 Å². The van der Waals surface area contributed by atoms with Crippen molar-refractivity contribution < 1.29 is 9.18 Å². The Morgan fingerprint density at radius 1 is 1.26 bits per heavy atom. The number of rotatable bonds is 4. The van der Waals surface area contributed by atoms with Crippen molar-refractivity contribution >= 4 is 11.9 Å². The number of nitrogens with zero attached hydrogens (tertiary/aromatic N) is 3. The molecule has 23 heavy (non-hydrogen) atoms. The van der Waals surface area contributed by atoms with Gasteiger partial charge >= 0.3 is 0 Å². The molecule has 2 heterocycles. The molecule has 1 atom stereocenters. The van der Waals surface area contributed by atoms with E-state index in [9.17, 15) is 9.18 Å². The largest absolute Gasteiger partial charge is 0.352 e. The highest BCUT2D eigenvalue weighted by Crippen LogP contribution is 2.20. The van der Waals surface area contributed by atoms with Gasteiger partial charge in [-0.2, -0.15) is 0 Å². The third-order valence-electron chi connectivity index (χ3n) is 4.04. The van der Waals surface area contributed by atoms with Gasteiger partial charge in [0.05, 0.1) is 5.92 Å². The van der Waals surface area contributed by atoms with E-state index >= 15 is 0 Å². The number of carbonyl (C=O) groups excluding carboxylic acids is 1. The van der Waals surface area contributed by atoms with Gasteiger partial charge in [-0.15, -0.1) is 0 Å². The molecule has 3 rings (SSSR count). The van der Waals surface area contributed by atoms with Crippen LogP contribution in [0.3, 0.4) is 0 Å². The summed E-state index contributed by atoms with van der Waals surface area (Å²) in [6.07, 6.45) is 5.14. The number of nitrogens with one attached hydrogen (secondary N) is 1. The molecule has 0 saturated carbocycles. The summed E-state index contributed by atoms with van der Waals surface area (Å²) in [5.74, 6) is 0.183. The van der Waals surface area contributed by atoms with Crippen LogP contribution in [-0.4, -0.2) is 29.0 Å². The van der Waals surface area contributed by atoms with Crippen LogP contribution in [0.25, 0.3) is 0 Å². The molecule has 2 aromatic rings. The Kier molecular flexibility index (Phi) is 4.80. The fourth-order valence-electron chi connectivity index (χ4n) is 2.80. The van der Waals surface area contributed by atoms with Crippen molar-refractivity contribution in [1.82, 2.24) is 15.3 Å². The van der Waals surface area contributed by atoms with E-state index in [0.29, 0.717) is 18.1 Å². The molecule has 1 N–H and O–H groups in total. The maximum Gasteiger partial charge on any atom is 0.225 e. The fourth-order valence-corrected chi connectivity index (χ4v) is 2.80. The Bertz CT molecular complexity index is 665. The third kappa shape index (κ3) is 3.83. The van der Waals surface area contributed by atoms with Crippen molar-refractivity contribution in [3.63, 3.8) is 0 Å². The van der Waals surface area contributed by atoms with Gasteiger partial charge in [-0.05, 0) is 25.0 Å².